The Balaban J connectivity index is 0.000000810. The summed E-state index contributed by atoms with van der Waals surface area (Å²) in [6.45, 7) is 3.13. The molecule has 0 saturated carbocycles. The molecular weight excluding hydrogens is 298 g/mol. The van der Waals surface area contributed by atoms with E-state index in [0.717, 1.165) is 19.4 Å². The number of hydrogen-bond donors (Lipinski definition) is 0. The fraction of sp³-hybridized carbons (Fsp3) is 1.00. The second kappa shape index (κ2) is 5.28. The van der Waals surface area contributed by atoms with Gasteiger partial charge in [0.25, 0.3) is 0 Å². The molecule has 2 unspecified atom stereocenters. The molecule has 0 aliphatic carbocycles. The van der Waals surface area contributed by atoms with Crippen LogP contribution < -0.4 is 0 Å². The van der Waals surface area contributed by atoms with E-state index in [1.54, 1.807) is 7.11 Å². The molecule has 2 atom stereocenters. The normalized spacial score (nSPS) is 33.0. The molecule has 0 amide bonds. The molecule has 1 heterocycles. The zero-order valence-electron chi connectivity index (χ0n) is 6.54. The molecule has 0 aromatic heterocycles. The van der Waals surface area contributed by atoms with Crippen LogP contribution in [0.5, 0.6) is 0 Å². The monoisotopic (exact) mass is 312 g/mol. The molecule has 0 bridgehead atoms. The van der Waals surface area contributed by atoms with Gasteiger partial charge < -0.3 is 10.1 Å². The maximum atomic E-state index is 5.20. The summed E-state index contributed by atoms with van der Waals surface area (Å²) >= 11 is 0. The standard InChI is InChI=1S/C7H14NO.W/c1-6-5-7(9-2)3-4-8-6;/h6-7H,3-5H2,1-2H3;/q-1;. The molecule has 0 radical (unpaired) electrons. The van der Waals surface area contributed by atoms with Crippen LogP contribution in [0.3, 0.4) is 0 Å². The zero-order chi connectivity index (χ0) is 6.69. The van der Waals surface area contributed by atoms with Crippen molar-refractivity contribution in [1.82, 2.24) is 0 Å². The van der Waals surface area contributed by atoms with Gasteiger partial charge >= 0.3 is 0 Å². The molecule has 0 spiro atoms. The predicted octanol–water partition coefficient (Wildman–Crippen LogP) is 1.55. The average Bonchev–Trinajstić information content (AvgIpc) is 1.88. The summed E-state index contributed by atoms with van der Waals surface area (Å²) in [6, 6.07) is 0.517. The Labute approximate surface area is 77.0 Å². The number of hydrogen-bond acceptors (Lipinski definition) is 1. The van der Waals surface area contributed by atoms with Crippen molar-refractivity contribution in [2.24, 2.45) is 0 Å². The van der Waals surface area contributed by atoms with Gasteiger partial charge in [-0.1, -0.05) is 6.92 Å². The molecule has 2 nitrogen and oxygen atoms in total. The Bertz CT molecular complexity index is 89.7. The molecule has 1 fully saturated rings. The van der Waals surface area contributed by atoms with E-state index in [1.165, 1.54) is 0 Å². The average molecular weight is 312 g/mol. The van der Waals surface area contributed by atoms with Crippen molar-refractivity contribution in [3.63, 3.8) is 0 Å². The molecule has 1 aliphatic heterocycles. The van der Waals surface area contributed by atoms with Crippen molar-refractivity contribution in [3.8, 4) is 0 Å². The summed E-state index contributed by atoms with van der Waals surface area (Å²) < 4.78 is 5.20. The second-order valence-corrected chi connectivity index (χ2v) is 2.64. The van der Waals surface area contributed by atoms with Crippen molar-refractivity contribution in [1.29, 1.82) is 0 Å². The largest absolute Gasteiger partial charge is 0.660 e. The van der Waals surface area contributed by atoms with Crippen LogP contribution in [0.15, 0.2) is 0 Å². The molecule has 3 heteroatoms. The van der Waals surface area contributed by atoms with Gasteiger partial charge in [-0.3, -0.25) is 0 Å². The van der Waals surface area contributed by atoms with Gasteiger partial charge in [-0.25, -0.2) is 0 Å². The van der Waals surface area contributed by atoms with Crippen molar-refractivity contribution in [2.75, 3.05) is 13.7 Å². The Morgan fingerprint density at radius 2 is 2.20 bits per heavy atom. The number of ether oxygens (including phenoxy) is 1. The van der Waals surface area contributed by atoms with E-state index in [1.807, 2.05) is 0 Å². The van der Waals surface area contributed by atoms with E-state index < -0.39 is 0 Å². The summed E-state index contributed by atoms with van der Waals surface area (Å²) in [4.78, 5) is 0. The maximum Gasteiger partial charge on any atom is 0.0541 e. The maximum absolute atomic E-state index is 5.20. The van der Waals surface area contributed by atoms with Crippen molar-refractivity contribution < 1.29 is 25.8 Å². The SMILES string of the molecule is COC1CC[N-]C(C)C1.[W]. The number of piperidine rings is 1. The Kier molecular flexibility index (Phi) is 5.61. The minimum absolute atomic E-state index is 0. The third-order valence-corrected chi connectivity index (χ3v) is 1.83. The van der Waals surface area contributed by atoms with Gasteiger partial charge in [0.1, 0.15) is 0 Å². The molecule has 60 valence electrons. The minimum atomic E-state index is 0. The van der Waals surface area contributed by atoms with Gasteiger partial charge in [0, 0.05) is 28.2 Å². The summed E-state index contributed by atoms with van der Waals surface area (Å²) in [5.41, 5.74) is 0. The van der Waals surface area contributed by atoms with Crippen molar-refractivity contribution in [2.45, 2.75) is 31.9 Å². The third kappa shape index (κ3) is 3.13. The summed E-state index contributed by atoms with van der Waals surface area (Å²) in [5.74, 6) is 0. The third-order valence-electron chi connectivity index (χ3n) is 1.83. The van der Waals surface area contributed by atoms with Gasteiger partial charge in [0.2, 0.25) is 0 Å². The molecule has 0 aromatic rings. The summed E-state index contributed by atoms with van der Waals surface area (Å²) in [7, 11) is 1.78. The van der Waals surface area contributed by atoms with Crippen LogP contribution in [0, 0.1) is 0 Å². The van der Waals surface area contributed by atoms with E-state index >= 15 is 0 Å². The smallest absolute Gasteiger partial charge is 0.0541 e. The molecule has 1 saturated heterocycles. The van der Waals surface area contributed by atoms with Gasteiger partial charge in [-0.15, -0.1) is 12.6 Å². The molecular formula is C7H14NOW-. The fourth-order valence-electron chi connectivity index (χ4n) is 1.23. The van der Waals surface area contributed by atoms with Crippen LogP contribution in [-0.4, -0.2) is 25.8 Å². The topological polar surface area (TPSA) is 23.3 Å². The Morgan fingerprint density at radius 3 is 2.60 bits per heavy atom. The number of rotatable bonds is 1. The van der Waals surface area contributed by atoms with Crippen LogP contribution in [0.2, 0.25) is 0 Å². The first-order chi connectivity index (χ1) is 4.33. The van der Waals surface area contributed by atoms with Crippen LogP contribution >= 0.6 is 0 Å². The molecule has 0 aromatic carbocycles. The van der Waals surface area contributed by atoms with Crippen molar-refractivity contribution >= 4 is 0 Å². The molecule has 10 heavy (non-hydrogen) atoms. The molecule has 0 N–H and O–H groups in total. The molecule has 1 rings (SSSR count). The van der Waals surface area contributed by atoms with E-state index in [2.05, 4.69) is 12.2 Å². The van der Waals surface area contributed by atoms with Crippen LogP contribution in [0.25, 0.3) is 5.32 Å². The van der Waals surface area contributed by atoms with Crippen molar-refractivity contribution in [3.05, 3.63) is 5.32 Å². The fourth-order valence-corrected chi connectivity index (χ4v) is 1.23. The quantitative estimate of drug-likeness (QED) is 0.721. The zero-order valence-corrected chi connectivity index (χ0v) is 9.47. The van der Waals surface area contributed by atoms with Gasteiger partial charge in [-0.2, -0.15) is 0 Å². The van der Waals surface area contributed by atoms with Gasteiger partial charge in [0.15, 0.2) is 0 Å². The predicted molar refractivity (Wildman–Crippen MR) is 37.7 cm³/mol. The van der Waals surface area contributed by atoms with E-state index in [4.69, 9.17) is 4.74 Å². The first kappa shape index (κ1) is 10.6. The van der Waals surface area contributed by atoms with Gasteiger partial charge in [-0.05, 0) is 12.8 Å². The molecule has 1 aliphatic rings. The summed E-state index contributed by atoms with van der Waals surface area (Å²) in [5, 5.41) is 4.35. The Morgan fingerprint density at radius 1 is 1.50 bits per heavy atom. The van der Waals surface area contributed by atoms with Crippen LogP contribution in [-0.2, 0) is 25.8 Å². The minimum Gasteiger partial charge on any atom is -0.660 e. The van der Waals surface area contributed by atoms with E-state index in [-0.39, 0.29) is 21.1 Å². The first-order valence-corrected chi connectivity index (χ1v) is 3.52. The van der Waals surface area contributed by atoms with E-state index in [0.29, 0.717) is 12.1 Å². The second-order valence-electron chi connectivity index (χ2n) is 2.64. The number of nitrogens with zero attached hydrogens (tertiary/aromatic N) is 1. The van der Waals surface area contributed by atoms with Gasteiger partial charge in [0.05, 0.1) is 6.10 Å². The number of methoxy groups -OCH3 is 1. The Hall–Kier alpha value is 0.608. The summed E-state index contributed by atoms with van der Waals surface area (Å²) in [6.07, 6.45) is 2.69. The van der Waals surface area contributed by atoms with Crippen LogP contribution in [0.1, 0.15) is 19.8 Å². The van der Waals surface area contributed by atoms with Crippen LogP contribution in [0.4, 0.5) is 0 Å². The first-order valence-electron chi connectivity index (χ1n) is 3.52. The van der Waals surface area contributed by atoms with E-state index in [9.17, 15) is 0 Å².